The Morgan fingerprint density at radius 1 is 1.35 bits per heavy atom. The van der Waals surface area contributed by atoms with Gasteiger partial charge in [-0.3, -0.25) is 16.3 Å². The van der Waals surface area contributed by atoms with E-state index in [-0.39, 0.29) is 6.04 Å². The van der Waals surface area contributed by atoms with Gasteiger partial charge in [-0.1, -0.05) is 19.8 Å². The molecule has 1 atom stereocenters. The van der Waals surface area contributed by atoms with Gasteiger partial charge in [-0.05, 0) is 49.3 Å². The van der Waals surface area contributed by atoms with Crippen LogP contribution in [-0.2, 0) is 0 Å². The van der Waals surface area contributed by atoms with Crippen LogP contribution >= 0.6 is 0 Å². The van der Waals surface area contributed by atoms with Gasteiger partial charge >= 0.3 is 0 Å². The van der Waals surface area contributed by atoms with Gasteiger partial charge in [-0.25, -0.2) is 0 Å². The van der Waals surface area contributed by atoms with Crippen molar-refractivity contribution in [1.29, 1.82) is 0 Å². The number of nitrogens with two attached hydrogens (primary N) is 1. The van der Waals surface area contributed by atoms with E-state index in [9.17, 15) is 0 Å². The molecule has 1 aliphatic carbocycles. The van der Waals surface area contributed by atoms with Crippen LogP contribution in [0, 0.1) is 18.8 Å². The van der Waals surface area contributed by atoms with Gasteiger partial charge in [0.15, 0.2) is 0 Å². The Kier molecular flexibility index (Phi) is 4.13. The van der Waals surface area contributed by atoms with Gasteiger partial charge in [0, 0.05) is 17.9 Å². The molecular formula is C14H23N3. The first kappa shape index (κ1) is 12.5. The molecule has 0 aliphatic heterocycles. The van der Waals surface area contributed by atoms with Crippen LogP contribution in [0.5, 0.6) is 0 Å². The fourth-order valence-electron chi connectivity index (χ4n) is 2.88. The highest BCUT2D eigenvalue weighted by Crippen LogP contribution is 2.36. The van der Waals surface area contributed by atoms with Crippen molar-refractivity contribution in [2.24, 2.45) is 17.7 Å². The van der Waals surface area contributed by atoms with Gasteiger partial charge in [0.05, 0.1) is 0 Å². The molecule has 1 saturated carbocycles. The molecule has 1 aromatic rings. The first-order valence-corrected chi connectivity index (χ1v) is 6.59. The van der Waals surface area contributed by atoms with E-state index in [1.54, 1.807) is 0 Å². The molecule has 1 unspecified atom stereocenters. The van der Waals surface area contributed by atoms with Crippen LogP contribution in [0.3, 0.4) is 0 Å². The number of nitrogens with one attached hydrogen (secondary N) is 1. The number of rotatable bonds is 3. The van der Waals surface area contributed by atoms with Crippen LogP contribution in [0.1, 0.15) is 49.9 Å². The normalized spacial score (nSPS) is 26.8. The SMILES string of the molecule is Cc1cc(C(NN)C2CCC(C)CC2)ccn1. The third kappa shape index (κ3) is 3.05. The van der Waals surface area contributed by atoms with E-state index >= 15 is 0 Å². The lowest BCUT2D eigenvalue weighted by molar-refractivity contribution is 0.232. The summed E-state index contributed by atoms with van der Waals surface area (Å²) in [5, 5.41) is 0. The maximum absolute atomic E-state index is 5.75. The van der Waals surface area contributed by atoms with Crippen molar-refractivity contribution < 1.29 is 0 Å². The second-order valence-corrected chi connectivity index (χ2v) is 5.39. The Labute approximate surface area is 104 Å². The molecule has 3 nitrogen and oxygen atoms in total. The monoisotopic (exact) mass is 233 g/mol. The third-order valence-electron chi connectivity index (χ3n) is 3.99. The quantitative estimate of drug-likeness (QED) is 0.623. The summed E-state index contributed by atoms with van der Waals surface area (Å²) in [7, 11) is 0. The van der Waals surface area contributed by atoms with Crippen LogP contribution in [0.15, 0.2) is 18.3 Å². The average molecular weight is 233 g/mol. The van der Waals surface area contributed by atoms with Gasteiger partial charge in [-0.15, -0.1) is 0 Å². The van der Waals surface area contributed by atoms with E-state index < -0.39 is 0 Å². The minimum absolute atomic E-state index is 0.282. The molecule has 1 aromatic heterocycles. The molecule has 0 saturated heterocycles. The number of aromatic nitrogens is 1. The van der Waals surface area contributed by atoms with Gasteiger partial charge in [0.2, 0.25) is 0 Å². The van der Waals surface area contributed by atoms with Gasteiger partial charge in [0.1, 0.15) is 0 Å². The summed E-state index contributed by atoms with van der Waals surface area (Å²) in [5.41, 5.74) is 5.34. The van der Waals surface area contributed by atoms with E-state index in [2.05, 4.69) is 29.5 Å². The van der Waals surface area contributed by atoms with E-state index in [1.165, 1.54) is 31.2 Å². The molecule has 2 rings (SSSR count). The van der Waals surface area contributed by atoms with Crippen LogP contribution in [-0.4, -0.2) is 4.98 Å². The molecule has 0 bridgehead atoms. The maximum atomic E-state index is 5.75. The summed E-state index contributed by atoms with van der Waals surface area (Å²) >= 11 is 0. The number of hydrogen-bond donors (Lipinski definition) is 2. The van der Waals surface area contributed by atoms with Crippen molar-refractivity contribution in [3.8, 4) is 0 Å². The first-order valence-electron chi connectivity index (χ1n) is 6.59. The predicted octanol–water partition coefficient (Wildman–Crippen LogP) is 2.72. The van der Waals surface area contributed by atoms with Crippen LogP contribution in [0.25, 0.3) is 0 Å². The zero-order valence-corrected chi connectivity index (χ0v) is 10.8. The zero-order valence-electron chi connectivity index (χ0n) is 10.8. The largest absolute Gasteiger partial charge is 0.271 e. The zero-order chi connectivity index (χ0) is 12.3. The Morgan fingerprint density at radius 2 is 2.06 bits per heavy atom. The molecule has 94 valence electrons. The molecule has 1 aliphatic rings. The summed E-state index contributed by atoms with van der Waals surface area (Å²) in [6.45, 7) is 4.37. The van der Waals surface area contributed by atoms with Crippen molar-refractivity contribution in [1.82, 2.24) is 10.4 Å². The van der Waals surface area contributed by atoms with Crippen LogP contribution < -0.4 is 11.3 Å². The molecule has 1 fully saturated rings. The maximum Gasteiger partial charge on any atom is 0.0489 e. The van der Waals surface area contributed by atoms with Crippen molar-refractivity contribution >= 4 is 0 Å². The number of hydrogen-bond acceptors (Lipinski definition) is 3. The lowest BCUT2D eigenvalue weighted by atomic mass is 9.77. The first-order chi connectivity index (χ1) is 8.20. The Hall–Kier alpha value is -0.930. The highest BCUT2D eigenvalue weighted by molar-refractivity contribution is 5.20. The Bertz CT molecular complexity index is 356. The van der Waals surface area contributed by atoms with Gasteiger partial charge in [0.25, 0.3) is 0 Å². The van der Waals surface area contributed by atoms with Crippen LogP contribution in [0.4, 0.5) is 0 Å². The summed E-state index contributed by atoms with van der Waals surface area (Å²) in [6, 6.07) is 4.50. The van der Waals surface area contributed by atoms with E-state index in [0.717, 1.165) is 11.6 Å². The van der Waals surface area contributed by atoms with Gasteiger partial charge in [-0.2, -0.15) is 0 Å². The topological polar surface area (TPSA) is 50.9 Å². The number of nitrogens with zero attached hydrogens (tertiary/aromatic N) is 1. The summed E-state index contributed by atoms with van der Waals surface area (Å²) in [4.78, 5) is 4.25. The molecule has 0 spiro atoms. The highest BCUT2D eigenvalue weighted by atomic mass is 15.2. The number of aryl methyl sites for hydroxylation is 1. The standard InChI is InChI=1S/C14H23N3/c1-10-3-5-12(6-4-10)14(17-15)13-7-8-16-11(2)9-13/h7-10,12,14,17H,3-6,15H2,1-2H3. The smallest absolute Gasteiger partial charge is 0.0489 e. The fourth-order valence-corrected chi connectivity index (χ4v) is 2.88. The summed E-state index contributed by atoms with van der Waals surface area (Å²) in [5.74, 6) is 7.29. The van der Waals surface area contributed by atoms with Crippen molar-refractivity contribution in [3.63, 3.8) is 0 Å². The number of hydrazine groups is 1. The Balaban J connectivity index is 2.10. The second kappa shape index (κ2) is 5.61. The molecule has 3 N–H and O–H groups in total. The summed E-state index contributed by atoms with van der Waals surface area (Å²) in [6.07, 6.45) is 7.08. The van der Waals surface area contributed by atoms with E-state index in [4.69, 9.17) is 5.84 Å². The minimum Gasteiger partial charge on any atom is -0.271 e. The number of pyridine rings is 1. The predicted molar refractivity (Wildman–Crippen MR) is 70.2 cm³/mol. The molecule has 0 radical (unpaired) electrons. The fraction of sp³-hybridized carbons (Fsp3) is 0.643. The Morgan fingerprint density at radius 3 is 2.65 bits per heavy atom. The van der Waals surface area contributed by atoms with Crippen LogP contribution in [0.2, 0.25) is 0 Å². The summed E-state index contributed by atoms with van der Waals surface area (Å²) < 4.78 is 0. The second-order valence-electron chi connectivity index (χ2n) is 5.39. The minimum atomic E-state index is 0.282. The lowest BCUT2D eigenvalue weighted by Gasteiger charge is -2.32. The average Bonchev–Trinajstić information content (AvgIpc) is 2.33. The molecule has 0 aromatic carbocycles. The lowest BCUT2D eigenvalue weighted by Crippen LogP contribution is -2.35. The third-order valence-corrected chi connectivity index (χ3v) is 3.99. The van der Waals surface area contributed by atoms with Crippen molar-refractivity contribution in [3.05, 3.63) is 29.6 Å². The molecule has 1 heterocycles. The van der Waals surface area contributed by atoms with Crippen molar-refractivity contribution in [2.45, 2.75) is 45.6 Å². The van der Waals surface area contributed by atoms with E-state index in [1.807, 2.05) is 13.1 Å². The highest BCUT2D eigenvalue weighted by Gasteiger charge is 2.26. The molecule has 0 amide bonds. The molecule has 17 heavy (non-hydrogen) atoms. The van der Waals surface area contributed by atoms with Gasteiger partial charge < -0.3 is 0 Å². The van der Waals surface area contributed by atoms with E-state index in [0.29, 0.717) is 5.92 Å². The molecule has 3 heteroatoms. The van der Waals surface area contributed by atoms with Crippen molar-refractivity contribution in [2.75, 3.05) is 0 Å². The molecular weight excluding hydrogens is 210 g/mol.